The molecule has 0 aromatic heterocycles. The van der Waals surface area contributed by atoms with E-state index in [0.29, 0.717) is 11.3 Å². The number of nitrogens with zero attached hydrogens (tertiary/aromatic N) is 2. The van der Waals surface area contributed by atoms with E-state index >= 15 is 0 Å². The van der Waals surface area contributed by atoms with Crippen LogP contribution in [0, 0.1) is 28.6 Å². The average molecular weight is 433 g/mol. The average Bonchev–Trinajstić information content (AvgIpc) is 2.81. The van der Waals surface area contributed by atoms with E-state index in [9.17, 15) is 20.1 Å². The first-order chi connectivity index (χ1) is 15.1. The summed E-state index contributed by atoms with van der Waals surface area (Å²) in [4.78, 5) is 24.8. The number of esters is 1. The smallest absolute Gasteiger partial charge is 0.316 e. The van der Waals surface area contributed by atoms with Crippen LogP contribution in [0.3, 0.4) is 0 Å². The van der Waals surface area contributed by atoms with Gasteiger partial charge in [0.1, 0.15) is 18.3 Å². The second kappa shape index (κ2) is 10.3. The first-order valence-electron chi connectivity index (χ1n) is 9.39. The number of nitriles is 2. The van der Waals surface area contributed by atoms with Gasteiger partial charge in [-0.2, -0.15) is 10.5 Å². The maximum atomic E-state index is 12.6. The number of hydrogen-bond acceptors (Lipinski definition) is 7. The van der Waals surface area contributed by atoms with Crippen LogP contribution in [0.1, 0.15) is 17.0 Å². The molecule has 8 heteroatoms. The zero-order valence-electron chi connectivity index (χ0n) is 16.7. The van der Waals surface area contributed by atoms with Gasteiger partial charge in [-0.05, 0) is 11.6 Å². The molecule has 31 heavy (non-hydrogen) atoms. The summed E-state index contributed by atoms with van der Waals surface area (Å²) in [5, 5.41) is 22.3. The summed E-state index contributed by atoms with van der Waals surface area (Å²) in [6.07, 6.45) is 0. The fourth-order valence-corrected chi connectivity index (χ4v) is 4.10. The van der Waals surface area contributed by atoms with E-state index in [4.69, 9.17) is 9.47 Å². The van der Waals surface area contributed by atoms with E-state index < -0.39 is 23.7 Å². The van der Waals surface area contributed by atoms with Gasteiger partial charge in [-0.1, -0.05) is 60.3 Å². The van der Waals surface area contributed by atoms with Crippen molar-refractivity contribution in [2.75, 3.05) is 12.9 Å². The minimum absolute atomic E-state index is 0.0938. The van der Waals surface area contributed by atoms with E-state index in [-0.39, 0.29) is 23.0 Å². The molecule has 1 aliphatic rings. The molecule has 3 rings (SSSR count). The Morgan fingerprint density at radius 1 is 1.13 bits per heavy atom. The molecule has 1 N–H and O–H groups in total. The van der Waals surface area contributed by atoms with E-state index in [0.717, 1.165) is 17.3 Å². The van der Waals surface area contributed by atoms with Crippen LogP contribution < -0.4 is 10.1 Å². The standard InChI is InChI=1S/C23H19N3O4S/c1-29-19-10-6-5-9-16(19)21-17(11-24)22(28)26-23(18(21)12-25)31-14-20(27)30-13-15-7-3-2-4-8-15/h2-10,17,21H,13-14H2,1H3,(H,26,28)/t17-,21+/m1/s1. The number of para-hydroxylation sites is 1. The number of methoxy groups -OCH3 is 1. The summed E-state index contributed by atoms with van der Waals surface area (Å²) in [6.45, 7) is 0.136. The predicted molar refractivity (Wildman–Crippen MR) is 114 cm³/mol. The number of benzene rings is 2. The molecule has 156 valence electrons. The Kier molecular flexibility index (Phi) is 7.31. The van der Waals surface area contributed by atoms with Gasteiger partial charge < -0.3 is 14.8 Å². The summed E-state index contributed by atoms with van der Waals surface area (Å²) in [5.74, 6) is -2.53. The third-order valence-electron chi connectivity index (χ3n) is 4.72. The van der Waals surface area contributed by atoms with Crippen LogP contribution in [0.15, 0.2) is 65.2 Å². The number of amides is 1. The van der Waals surface area contributed by atoms with Gasteiger partial charge in [0.25, 0.3) is 0 Å². The van der Waals surface area contributed by atoms with Crippen LogP contribution in [-0.4, -0.2) is 24.7 Å². The highest BCUT2D eigenvalue weighted by atomic mass is 32.2. The van der Waals surface area contributed by atoms with Crippen LogP contribution >= 0.6 is 11.8 Å². The van der Waals surface area contributed by atoms with Gasteiger partial charge in [0.15, 0.2) is 0 Å². The summed E-state index contributed by atoms with van der Waals surface area (Å²) < 4.78 is 10.6. The van der Waals surface area contributed by atoms with Crippen molar-refractivity contribution < 1.29 is 19.1 Å². The largest absolute Gasteiger partial charge is 0.496 e. The first kappa shape index (κ1) is 21.9. The van der Waals surface area contributed by atoms with Crippen LogP contribution in [0.5, 0.6) is 5.75 Å². The van der Waals surface area contributed by atoms with Crippen LogP contribution in [0.2, 0.25) is 0 Å². The molecule has 2 aromatic carbocycles. The SMILES string of the molecule is COc1ccccc1[C@@H]1C(C#N)=C(SCC(=O)OCc2ccccc2)NC(=O)[C@@H]1C#N. The molecule has 0 saturated heterocycles. The summed E-state index contributed by atoms with van der Waals surface area (Å²) in [5.41, 5.74) is 1.63. The lowest BCUT2D eigenvalue weighted by Crippen LogP contribution is -2.39. The molecular weight excluding hydrogens is 414 g/mol. The fourth-order valence-electron chi connectivity index (χ4n) is 3.25. The van der Waals surface area contributed by atoms with Crippen molar-refractivity contribution in [1.82, 2.24) is 5.32 Å². The second-order valence-electron chi connectivity index (χ2n) is 6.61. The van der Waals surface area contributed by atoms with E-state index in [1.807, 2.05) is 36.4 Å². The fraction of sp³-hybridized carbons (Fsp3) is 0.217. The molecular formula is C23H19N3O4S. The molecule has 1 amide bonds. The number of nitrogens with one attached hydrogen (secondary N) is 1. The van der Waals surface area contributed by atoms with Crippen molar-refractivity contribution in [3.8, 4) is 17.9 Å². The Hall–Kier alpha value is -3.75. The Balaban J connectivity index is 1.81. The molecule has 0 unspecified atom stereocenters. The van der Waals surface area contributed by atoms with Crippen molar-refractivity contribution in [2.24, 2.45) is 5.92 Å². The summed E-state index contributed by atoms with van der Waals surface area (Å²) >= 11 is 1.00. The monoisotopic (exact) mass is 433 g/mol. The maximum Gasteiger partial charge on any atom is 0.316 e. The Bertz CT molecular complexity index is 1090. The lowest BCUT2D eigenvalue weighted by Gasteiger charge is -2.29. The number of ether oxygens (including phenoxy) is 2. The Morgan fingerprint density at radius 3 is 2.52 bits per heavy atom. The van der Waals surface area contributed by atoms with Gasteiger partial charge in [-0.25, -0.2) is 0 Å². The third-order valence-corrected chi connectivity index (χ3v) is 5.71. The highest BCUT2D eigenvalue weighted by Crippen LogP contribution is 2.42. The Morgan fingerprint density at radius 2 is 1.84 bits per heavy atom. The molecule has 0 aliphatic carbocycles. The molecule has 0 spiro atoms. The number of carbonyl (C=O) groups excluding carboxylic acids is 2. The van der Waals surface area contributed by atoms with Crippen molar-refractivity contribution in [3.63, 3.8) is 0 Å². The summed E-state index contributed by atoms with van der Waals surface area (Å²) in [6, 6.07) is 20.3. The van der Waals surface area contributed by atoms with Crippen molar-refractivity contribution in [2.45, 2.75) is 12.5 Å². The van der Waals surface area contributed by atoms with Gasteiger partial charge in [0.2, 0.25) is 5.91 Å². The third kappa shape index (κ3) is 5.06. The number of thioether (sulfide) groups is 1. The predicted octanol–water partition coefficient (Wildman–Crippen LogP) is 3.26. The lowest BCUT2D eigenvalue weighted by molar-refractivity contribution is -0.141. The van der Waals surface area contributed by atoms with Crippen LogP contribution in [-0.2, 0) is 20.9 Å². The minimum Gasteiger partial charge on any atom is -0.496 e. The first-order valence-corrected chi connectivity index (χ1v) is 10.4. The quantitative estimate of drug-likeness (QED) is 0.667. The van der Waals surface area contributed by atoms with Crippen LogP contribution in [0.4, 0.5) is 0 Å². The molecule has 1 aliphatic heterocycles. The lowest BCUT2D eigenvalue weighted by atomic mass is 9.79. The van der Waals surface area contributed by atoms with Gasteiger partial charge in [0, 0.05) is 5.56 Å². The zero-order valence-corrected chi connectivity index (χ0v) is 17.5. The molecule has 0 fully saturated rings. The number of rotatable bonds is 7. The zero-order chi connectivity index (χ0) is 22.2. The van der Waals surface area contributed by atoms with Crippen molar-refractivity contribution in [3.05, 3.63) is 76.3 Å². The van der Waals surface area contributed by atoms with Crippen molar-refractivity contribution in [1.29, 1.82) is 10.5 Å². The van der Waals surface area contributed by atoms with Gasteiger partial charge in [-0.15, -0.1) is 0 Å². The van der Waals surface area contributed by atoms with Gasteiger partial charge in [-0.3, -0.25) is 9.59 Å². The molecule has 2 aromatic rings. The van der Waals surface area contributed by atoms with Crippen molar-refractivity contribution >= 4 is 23.6 Å². The number of carbonyl (C=O) groups is 2. The summed E-state index contributed by atoms with van der Waals surface area (Å²) in [7, 11) is 1.48. The topological polar surface area (TPSA) is 112 Å². The van der Waals surface area contributed by atoms with E-state index in [1.165, 1.54) is 7.11 Å². The van der Waals surface area contributed by atoms with E-state index in [1.54, 1.807) is 24.3 Å². The van der Waals surface area contributed by atoms with E-state index in [2.05, 4.69) is 11.4 Å². The highest BCUT2D eigenvalue weighted by molar-refractivity contribution is 8.03. The second-order valence-corrected chi connectivity index (χ2v) is 7.59. The molecule has 0 bridgehead atoms. The number of hydrogen-bond donors (Lipinski definition) is 1. The molecule has 2 atom stereocenters. The normalized spacial score (nSPS) is 17.8. The Labute approximate surface area is 184 Å². The van der Waals surface area contributed by atoms with Gasteiger partial charge in [0.05, 0.1) is 41.5 Å². The minimum atomic E-state index is -1.10. The molecule has 0 radical (unpaired) electrons. The molecule has 7 nitrogen and oxygen atoms in total. The molecule has 1 heterocycles. The maximum absolute atomic E-state index is 12.6. The molecule has 0 saturated carbocycles. The van der Waals surface area contributed by atoms with Crippen LogP contribution in [0.25, 0.3) is 0 Å². The van der Waals surface area contributed by atoms with Gasteiger partial charge >= 0.3 is 5.97 Å². The number of allylic oxidation sites excluding steroid dienone is 1. The highest BCUT2D eigenvalue weighted by Gasteiger charge is 2.40.